The fourth-order valence-corrected chi connectivity index (χ4v) is 6.11. The first-order valence-corrected chi connectivity index (χ1v) is 8.54. The predicted molar refractivity (Wildman–Crippen MR) is 88.0 cm³/mol. The summed E-state index contributed by atoms with van der Waals surface area (Å²) < 4.78 is 0. The van der Waals surface area contributed by atoms with Crippen LogP contribution in [0.3, 0.4) is 0 Å². The number of fused-ring (bicyclic) bond motifs is 3. The molecule has 0 spiro atoms. The molecule has 4 atom stereocenters. The van der Waals surface area contributed by atoms with Crippen LogP contribution in [0.25, 0.3) is 0 Å². The maximum Gasteiger partial charge on any atom is 0.138 e. The van der Waals surface area contributed by atoms with Crippen molar-refractivity contribution in [1.82, 2.24) is 0 Å². The lowest BCUT2D eigenvalue weighted by molar-refractivity contribution is -0.156. The Balaban J connectivity index is 2.07. The van der Waals surface area contributed by atoms with Crippen LogP contribution < -0.4 is 0 Å². The third kappa shape index (κ3) is 1.79. The van der Waals surface area contributed by atoms with Gasteiger partial charge in [0.15, 0.2) is 0 Å². The van der Waals surface area contributed by atoms with Crippen molar-refractivity contribution in [2.75, 3.05) is 0 Å². The molecule has 3 aliphatic rings. The summed E-state index contributed by atoms with van der Waals surface area (Å²) in [6, 6.07) is 0. The van der Waals surface area contributed by atoms with Crippen LogP contribution in [0.15, 0.2) is 23.8 Å². The van der Waals surface area contributed by atoms with Crippen LogP contribution in [0.1, 0.15) is 66.7 Å². The van der Waals surface area contributed by atoms with Crippen molar-refractivity contribution in [3.8, 4) is 0 Å². The van der Waals surface area contributed by atoms with Gasteiger partial charge in [-0.05, 0) is 60.8 Å². The van der Waals surface area contributed by atoms with E-state index in [1.165, 1.54) is 30.4 Å². The van der Waals surface area contributed by atoms with E-state index in [4.69, 9.17) is 0 Å². The summed E-state index contributed by atoms with van der Waals surface area (Å²) >= 11 is 0. The first-order chi connectivity index (χ1) is 9.64. The molecule has 0 aliphatic heterocycles. The molecule has 0 radical (unpaired) electrons. The SMILES string of the molecule is C=C1C(C)=CC[C@@H]2[C@@]3(C)CCC(=O)C(C)(C)[C@@H]3CC[C@@]12C. The Morgan fingerprint density at radius 1 is 1.14 bits per heavy atom. The van der Waals surface area contributed by atoms with E-state index >= 15 is 0 Å². The summed E-state index contributed by atoms with van der Waals surface area (Å²) in [6.45, 7) is 15.9. The van der Waals surface area contributed by atoms with Crippen LogP contribution in [-0.4, -0.2) is 5.78 Å². The Bertz CT molecular complexity index is 538. The summed E-state index contributed by atoms with van der Waals surface area (Å²) in [7, 11) is 0. The maximum absolute atomic E-state index is 12.4. The number of hydrogen-bond donors (Lipinski definition) is 0. The van der Waals surface area contributed by atoms with Crippen LogP contribution in [-0.2, 0) is 4.79 Å². The third-order valence-electron chi connectivity index (χ3n) is 7.62. The van der Waals surface area contributed by atoms with E-state index in [0.717, 1.165) is 12.8 Å². The van der Waals surface area contributed by atoms with Gasteiger partial charge in [-0.3, -0.25) is 4.79 Å². The van der Waals surface area contributed by atoms with Crippen LogP contribution in [0.2, 0.25) is 0 Å². The lowest BCUT2D eigenvalue weighted by Crippen LogP contribution is -2.58. The Morgan fingerprint density at radius 2 is 1.81 bits per heavy atom. The van der Waals surface area contributed by atoms with Crippen molar-refractivity contribution >= 4 is 5.78 Å². The number of carbonyl (C=O) groups excluding carboxylic acids is 1. The number of hydrogen-bond acceptors (Lipinski definition) is 1. The Labute approximate surface area is 129 Å². The predicted octanol–water partition coefficient (Wildman–Crippen LogP) is 5.32. The first-order valence-electron chi connectivity index (χ1n) is 8.54. The maximum atomic E-state index is 12.4. The second kappa shape index (κ2) is 4.33. The minimum atomic E-state index is -0.147. The van der Waals surface area contributed by atoms with Crippen LogP contribution >= 0.6 is 0 Å². The number of ketones is 1. The average Bonchev–Trinajstić information content (AvgIpc) is 2.40. The molecular weight excluding hydrogens is 256 g/mol. The molecule has 0 N–H and O–H groups in total. The second-order valence-electron chi connectivity index (χ2n) is 8.81. The zero-order chi connectivity index (χ0) is 15.6. The standard InChI is InChI=1S/C20H30O/c1-13-7-8-16-19(5,14(13)2)11-9-15-18(3,4)17(21)10-12-20(15,16)6/h7,15-16H,2,8-12H2,1,3-6H3/t15-,16-,19-,20-/m0/s1. The Kier molecular flexibility index (Phi) is 3.11. The zero-order valence-electron chi connectivity index (χ0n) is 14.4. The molecule has 116 valence electrons. The third-order valence-corrected chi connectivity index (χ3v) is 7.62. The van der Waals surface area contributed by atoms with Crippen LogP contribution in [0, 0.1) is 28.1 Å². The fraction of sp³-hybridized carbons (Fsp3) is 0.750. The van der Waals surface area contributed by atoms with Gasteiger partial charge >= 0.3 is 0 Å². The normalized spacial score (nSPS) is 45.7. The minimum absolute atomic E-state index is 0.147. The highest BCUT2D eigenvalue weighted by molar-refractivity contribution is 5.85. The van der Waals surface area contributed by atoms with E-state index in [2.05, 4.69) is 47.3 Å². The average molecular weight is 286 g/mol. The molecule has 3 rings (SSSR count). The Hall–Kier alpha value is -0.850. The molecule has 0 aromatic carbocycles. The monoisotopic (exact) mass is 286 g/mol. The second-order valence-corrected chi connectivity index (χ2v) is 8.81. The van der Waals surface area contributed by atoms with Gasteiger partial charge in [0.05, 0.1) is 0 Å². The van der Waals surface area contributed by atoms with Crippen LogP contribution in [0.5, 0.6) is 0 Å². The fourth-order valence-electron chi connectivity index (χ4n) is 6.11. The highest BCUT2D eigenvalue weighted by Crippen LogP contribution is 2.67. The van der Waals surface area contributed by atoms with E-state index in [1.54, 1.807) is 0 Å². The molecule has 0 amide bonds. The molecular formula is C20H30O. The minimum Gasteiger partial charge on any atom is -0.299 e. The molecule has 0 aromatic heterocycles. The van der Waals surface area contributed by atoms with Crippen molar-refractivity contribution in [2.45, 2.75) is 66.7 Å². The summed E-state index contributed by atoms with van der Waals surface area (Å²) in [5.74, 6) is 1.66. The number of rotatable bonds is 0. The van der Waals surface area contributed by atoms with Gasteiger partial charge in [-0.15, -0.1) is 0 Å². The van der Waals surface area contributed by atoms with Gasteiger partial charge in [-0.25, -0.2) is 0 Å². The lowest BCUT2D eigenvalue weighted by Gasteiger charge is -2.63. The molecule has 0 saturated heterocycles. The summed E-state index contributed by atoms with van der Waals surface area (Å²) in [6.07, 6.45) is 7.76. The topological polar surface area (TPSA) is 17.1 Å². The molecule has 2 fully saturated rings. The molecule has 0 bridgehead atoms. The summed E-state index contributed by atoms with van der Waals surface area (Å²) in [5, 5.41) is 0. The summed E-state index contributed by atoms with van der Waals surface area (Å²) in [5.41, 5.74) is 3.12. The van der Waals surface area contributed by atoms with Gasteiger partial charge in [0, 0.05) is 11.8 Å². The van der Waals surface area contributed by atoms with E-state index in [1.807, 2.05) is 0 Å². The van der Waals surface area contributed by atoms with Gasteiger partial charge < -0.3 is 0 Å². The molecule has 0 heterocycles. The van der Waals surface area contributed by atoms with Gasteiger partial charge in [0.1, 0.15) is 5.78 Å². The number of allylic oxidation sites excluding steroid dienone is 3. The molecule has 1 nitrogen and oxygen atoms in total. The van der Waals surface area contributed by atoms with E-state index in [9.17, 15) is 4.79 Å². The van der Waals surface area contributed by atoms with Crippen molar-refractivity contribution in [2.24, 2.45) is 28.1 Å². The van der Waals surface area contributed by atoms with Crippen molar-refractivity contribution < 1.29 is 4.79 Å². The first kappa shape index (κ1) is 15.1. The molecule has 0 unspecified atom stereocenters. The zero-order valence-corrected chi connectivity index (χ0v) is 14.4. The van der Waals surface area contributed by atoms with Gasteiger partial charge in [0.25, 0.3) is 0 Å². The smallest absolute Gasteiger partial charge is 0.138 e. The van der Waals surface area contributed by atoms with E-state index in [0.29, 0.717) is 17.6 Å². The van der Waals surface area contributed by atoms with Crippen molar-refractivity contribution in [3.63, 3.8) is 0 Å². The van der Waals surface area contributed by atoms with Gasteiger partial charge in [-0.2, -0.15) is 0 Å². The molecule has 0 aromatic rings. The molecule has 3 aliphatic carbocycles. The molecule has 1 heteroatoms. The van der Waals surface area contributed by atoms with Crippen LogP contribution in [0.4, 0.5) is 0 Å². The number of carbonyl (C=O) groups is 1. The van der Waals surface area contributed by atoms with Gasteiger partial charge in [0.2, 0.25) is 0 Å². The van der Waals surface area contributed by atoms with Crippen molar-refractivity contribution in [1.29, 1.82) is 0 Å². The van der Waals surface area contributed by atoms with Crippen molar-refractivity contribution in [3.05, 3.63) is 23.8 Å². The lowest BCUT2D eigenvalue weighted by atomic mass is 9.40. The Morgan fingerprint density at radius 3 is 2.48 bits per heavy atom. The van der Waals surface area contributed by atoms with Gasteiger partial charge in [-0.1, -0.05) is 45.9 Å². The molecule has 2 saturated carbocycles. The largest absolute Gasteiger partial charge is 0.299 e. The van der Waals surface area contributed by atoms with E-state index < -0.39 is 0 Å². The van der Waals surface area contributed by atoms with E-state index in [-0.39, 0.29) is 16.2 Å². The highest BCUT2D eigenvalue weighted by atomic mass is 16.1. The quantitative estimate of drug-likeness (QED) is 0.589. The molecule has 21 heavy (non-hydrogen) atoms. The summed E-state index contributed by atoms with van der Waals surface area (Å²) in [4.78, 5) is 12.4. The number of Topliss-reactive ketones (excluding diaryl/α,β-unsaturated/α-hetero) is 1. The highest BCUT2D eigenvalue weighted by Gasteiger charge is 2.61.